The number of para-hydroxylation sites is 1. The summed E-state index contributed by atoms with van der Waals surface area (Å²) in [6.45, 7) is 3.70. The zero-order chi connectivity index (χ0) is 16.4. The van der Waals surface area contributed by atoms with Gasteiger partial charge in [0, 0.05) is 17.5 Å². The molecule has 4 nitrogen and oxygen atoms in total. The standard InChI is InChI=1S/C18H20N2O2S/c1-11-8-9-14-15(10-11)23-18(19-12(2)21)16(14)17(22)20-13-6-4-3-5-7-13/h3-7,11H,8-10H2,1-2H3,(H,19,21)(H,20,22)/t11-/m1/s1. The van der Waals surface area contributed by atoms with Gasteiger partial charge in [-0.25, -0.2) is 0 Å². The Kier molecular flexibility index (Phi) is 4.48. The number of benzene rings is 1. The summed E-state index contributed by atoms with van der Waals surface area (Å²) in [5.74, 6) is 0.328. The van der Waals surface area contributed by atoms with E-state index in [0.717, 1.165) is 30.5 Å². The van der Waals surface area contributed by atoms with Crippen molar-refractivity contribution in [3.63, 3.8) is 0 Å². The van der Waals surface area contributed by atoms with Crippen LogP contribution in [0.5, 0.6) is 0 Å². The molecule has 1 aromatic heterocycles. The van der Waals surface area contributed by atoms with Crippen molar-refractivity contribution in [2.24, 2.45) is 5.92 Å². The Morgan fingerprint density at radius 1 is 1.17 bits per heavy atom. The number of anilines is 2. The van der Waals surface area contributed by atoms with Crippen LogP contribution >= 0.6 is 11.3 Å². The summed E-state index contributed by atoms with van der Waals surface area (Å²) in [4.78, 5) is 25.5. The Morgan fingerprint density at radius 2 is 1.91 bits per heavy atom. The average Bonchev–Trinajstić information content (AvgIpc) is 2.84. The predicted molar refractivity (Wildman–Crippen MR) is 94.2 cm³/mol. The lowest BCUT2D eigenvalue weighted by Gasteiger charge is -2.18. The molecule has 0 fully saturated rings. The van der Waals surface area contributed by atoms with Gasteiger partial charge in [0.05, 0.1) is 5.56 Å². The third kappa shape index (κ3) is 3.45. The Balaban J connectivity index is 1.95. The van der Waals surface area contributed by atoms with Gasteiger partial charge in [-0.3, -0.25) is 9.59 Å². The summed E-state index contributed by atoms with van der Waals surface area (Å²) in [6.07, 6.45) is 2.95. The molecule has 23 heavy (non-hydrogen) atoms. The van der Waals surface area contributed by atoms with Crippen LogP contribution in [0.4, 0.5) is 10.7 Å². The molecule has 2 aromatic rings. The van der Waals surface area contributed by atoms with Crippen molar-refractivity contribution in [2.45, 2.75) is 33.1 Å². The second-order valence-corrected chi connectivity index (χ2v) is 7.16. The van der Waals surface area contributed by atoms with Gasteiger partial charge >= 0.3 is 0 Å². The molecule has 1 atom stereocenters. The highest BCUT2D eigenvalue weighted by atomic mass is 32.1. The highest BCUT2D eigenvalue weighted by Gasteiger charge is 2.28. The fourth-order valence-corrected chi connectivity index (χ4v) is 4.41. The Bertz CT molecular complexity index is 737. The van der Waals surface area contributed by atoms with Gasteiger partial charge in [-0.2, -0.15) is 0 Å². The smallest absolute Gasteiger partial charge is 0.258 e. The third-order valence-electron chi connectivity index (χ3n) is 4.06. The Labute approximate surface area is 139 Å². The minimum absolute atomic E-state index is 0.146. The molecule has 1 aliphatic carbocycles. The van der Waals surface area contributed by atoms with Crippen LogP contribution in [0.15, 0.2) is 30.3 Å². The van der Waals surface area contributed by atoms with Gasteiger partial charge < -0.3 is 10.6 Å². The van der Waals surface area contributed by atoms with E-state index in [0.29, 0.717) is 16.5 Å². The van der Waals surface area contributed by atoms with E-state index in [2.05, 4.69) is 17.6 Å². The SMILES string of the molecule is CC(=O)Nc1sc2c(c1C(=O)Nc1ccccc1)CC[C@@H](C)C2. The van der Waals surface area contributed by atoms with Gasteiger partial charge in [-0.1, -0.05) is 25.1 Å². The fourth-order valence-electron chi connectivity index (χ4n) is 2.95. The van der Waals surface area contributed by atoms with Crippen LogP contribution in [-0.4, -0.2) is 11.8 Å². The van der Waals surface area contributed by atoms with Gasteiger partial charge in [-0.05, 0) is 42.9 Å². The van der Waals surface area contributed by atoms with E-state index in [4.69, 9.17) is 0 Å². The van der Waals surface area contributed by atoms with Crippen LogP contribution < -0.4 is 10.6 Å². The third-order valence-corrected chi connectivity index (χ3v) is 5.23. The van der Waals surface area contributed by atoms with Crippen molar-refractivity contribution in [3.05, 3.63) is 46.3 Å². The molecule has 2 N–H and O–H groups in total. The molecule has 3 rings (SSSR count). The first kappa shape index (κ1) is 15.7. The number of fused-ring (bicyclic) bond motifs is 1. The quantitative estimate of drug-likeness (QED) is 0.892. The lowest BCUT2D eigenvalue weighted by molar-refractivity contribution is -0.114. The predicted octanol–water partition coefficient (Wildman–Crippen LogP) is 4.08. The number of thiophene rings is 1. The fraction of sp³-hybridized carbons (Fsp3) is 0.333. The molecule has 120 valence electrons. The van der Waals surface area contributed by atoms with Crippen molar-refractivity contribution in [3.8, 4) is 0 Å². The van der Waals surface area contributed by atoms with E-state index in [1.165, 1.54) is 11.8 Å². The second-order valence-electron chi connectivity index (χ2n) is 6.06. The first-order chi connectivity index (χ1) is 11.0. The molecular weight excluding hydrogens is 308 g/mol. The Morgan fingerprint density at radius 3 is 2.61 bits per heavy atom. The van der Waals surface area contributed by atoms with E-state index in [1.807, 2.05) is 30.3 Å². The summed E-state index contributed by atoms with van der Waals surface area (Å²) in [5.41, 5.74) is 2.50. The van der Waals surface area contributed by atoms with Crippen LogP contribution in [0.1, 0.15) is 41.1 Å². The maximum Gasteiger partial charge on any atom is 0.258 e. The summed E-state index contributed by atoms with van der Waals surface area (Å²) >= 11 is 1.54. The Hall–Kier alpha value is -2.14. The van der Waals surface area contributed by atoms with E-state index in [-0.39, 0.29) is 11.8 Å². The highest BCUT2D eigenvalue weighted by Crippen LogP contribution is 2.40. The van der Waals surface area contributed by atoms with Crippen LogP contribution in [-0.2, 0) is 17.6 Å². The first-order valence-electron chi connectivity index (χ1n) is 7.83. The van der Waals surface area contributed by atoms with Crippen molar-refractivity contribution in [2.75, 3.05) is 10.6 Å². The largest absolute Gasteiger partial charge is 0.322 e. The van der Waals surface area contributed by atoms with E-state index < -0.39 is 0 Å². The maximum atomic E-state index is 12.8. The summed E-state index contributed by atoms with van der Waals surface area (Å²) in [7, 11) is 0. The summed E-state index contributed by atoms with van der Waals surface area (Å²) in [5, 5.41) is 6.44. The molecule has 1 aliphatic rings. The number of amides is 2. The topological polar surface area (TPSA) is 58.2 Å². The number of carbonyl (C=O) groups excluding carboxylic acids is 2. The minimum atomic E-state index is -0.148. The minimum Gasteiger partial charge on any atom is -0.322 e. The summed E-state index contributed by atoms with van der Waals surface area (Å²) in [6, 6.07) is 9.39. The normalized spacial score (nSPS) is 16.5. The lowest BCUT2D eigenvalue weighted by atomic mass is 9.88. The molecule has 0 radical (unpaired) electrons. The van der Waals surface area contributed by atoms with Crippen molar-refractivity contribution in [1.82, 2.24) is 0 Å². The molecule has 1 aromatic carbocycles. The molecule has 0 saturated heterocycles. The van der Waals surface area contributed by atoms with Crippen LogP contribution in [0.3, 0.4) is 0 Å². The van der Waals surface area contributed by atoms with Gasteiger partial charge in [0.1, 0.15) is 5.00 Å². The first-order valence-corrected chi connectivity index (χ1v) is 8.64. The highest BCUT2D eigenvalue weighted by molar-refractivity contribution is 7.17. The van der Waals surface area contributed by atoms with E-state index in [9.17, 15) is 9.59 Å². The summed E-state index contributed by atoms with van der Waals surface area (Å²) < 4.78 is 0. The molecule has 0 saturated carbocycles. The van der Waals surface area contributed by atoms with Crippen LogP contribution in [0, 0.1) is 5.92 Å². The van der Waals surface area contributed by atoms with Gasteiger partial charge in [0.15, 0.2) is 0 Å². The van der Waals surface area contributed by atoms with E-state index >= 15 is 0 Å². The van der Waals surface area contributed by atoms with E-state index in [1.54, 1.807) is 11.3 Å². The molecule has 0 bridgehead atoms. The molecule has 0 spiro atoms. The van der Waals surface area contributed by atoms with Gasteiger partial charge in [-0.15, -0.1) is 11.3 Å². The number of hydrogen-bond acceptors (Lipinski definition) is 3. The molecule has 0 aliphatic heterocycles. The zero-order valence-corrected chi connectivity index (χ0v) is 14.1. The molecule has 5 heteroatoms. The molecule has 2 amide bonds. The molecule has 0 unspecified atom stereocenters. The maximum absolute atomic E-state index is 12.8. The van der Waals surface area contributed by atoms with Crippen molar-refractivity contribution < 1.29 is 9.59 Å². The van der Waals surface area contributed by atoms with Crippen LogP contribution in [0.25, 0.3) is 0 Å². The van der Waals surface area contributed by atoms with Crippen molar-refractivity contribution in [1.29, 1.82) is 0 Å². The van der Waals surface area contributed by atoms with Crippen molar-refractivity contribution >= 4 is 33.8 Å². The molecule has 1 heterocycles. The molecular formula is C18H20N2O2S. The number of carbonyl (C=O) groups is 2. The number of nitrogens with one attached hydrogen (secondary N) is 2. The van der Waals surface area contributed by atoms with Gasteiger partial charge in [0.25, 0.3) is 5.91 Å². The average molecular weight is 328 g/mol. The van der Waals surface area contributed by atoms with Crippen LogP contribution in [0.2, 0.25) is 0 Å². The zero-order valence-electron chi connectivity index (χ0n) is 13.3. The second kappa shape index (κ2) is 6.54. The monoisotopic (exact) mass is 328 g/mol. The lowest BCUT2D eigenvalue weighted by Crippen LogP contribution is -2.18. The number of rotatable bonds is 3. The number of hydrogen-bond donors (Lipinski definition) is 2. The van der Waals surface area contributed by atoms with Gasteiger partial charge in [0.2, 0.25) is 5.91 Å².